The Morgan fingerprint density at radius 3 is 2.60 bits per heavy atom. The second-order valence-corrected chi connectivity index (χ2v) is 7.01. The number of sulfone groups is 1. The Morgan fingerprint density at radius 2 is 1.85 bits per heavy atom. The molecule has 1 atom stereocenters. The molecule has 3 rings (SSSR count). The van der Waals surface area contributed by atoms with Crippen molar-refractivity contribution in [3.63, 3.8) is 0 Å². The van der Waals surface area contributed by atoms with Crippen molar-refractivity contribution in [1.82, 2.24) is 0 Å². The van der Waals surface area contributed by atoms with Gasteiger partial charge in [-0.25, -0.2) is 12.8 Å². The predicted molar refractivity (Wildman–Crippen MR) is 72.5 cm³/mol. The Balaban J connectivity index is 2.26. The molecule has 1 heterocycles. The van der Waals surface area contributed by atoms with Gasteiger partial charge in [0.2, 0.25) is 0 Å². The van der Waals surface area contributed by atoms with Crippen LogP contribution < -0.4 is 0 Å². The molecule has 5 heteroatoms. The molecule has 1 aliphatic heterocycles. The molecular formula is C15H13FO3S. The Kier molecular flexibility index (Phi) is 2.92. The van der Waals surface area contributed by atoms with Gasteiger partial charge in [-0.2, -0.15) is 0 Å². The highest BCUT2D eigenvalue weighted by Gasteiger charge is 2.41. The van der Waals surface area contributed by atoms with Crippen molar-refractivity contribution in [2.45, 2.75) is 16.9 Å². The smallest absolute Gasteiger partial charge is 0.178 e. The van der Waals surface area contributed by atoms with Crippen LogP contribution in [0.25, 0.3) is 0 Å². The standard InChI is InChI=1S/C15H13FO3S/c16-12-5-3-4-11(10-12)15(17)8-9-20(18,19)14-7-2-1-6-13(14)15/h1-7,10,17H,8-9H2. The van der Waals surface area contributed by atoms with Gasteiger partial charge in [0.1, 0.15) is 11.4 Å². The van der Waals surface area contributed by atoms with Gasteiger partial charge < -0.3 is 5.11 Å². The minimum absolute atomic E-state index is 0.0236. The first kappa shape index (κ1) is 13.3. The third-order valence-corrected chi connectivity index (χ3v) is 5.47. The maximum atomic E-state index is 13.4. The normalized spacial score (nSPS) is 24.1. The first-order chi connectivity index (χ1) is 9.43. The van der Waals surface area contributed by atoms with Gasteiger partial charge >= 0.3 is 0 Å². The van der Waals surface area contributed by atoms with E-state index < -0.39 is 21.3 Å². The summed E-state index contributed by atoms with van der Waals surface area (Å²) in [6.45, 7) is 0. The first-order valence-electron chi connectivity index (χ1n) is 6.24. The number of aliphatic hydroxyl groups is 1. The number of hydrogen-bond acceptors (Lipinski definition) is 3. The zero-order chi connectivity index (χ0) is 14.4. The van der Waals surface area contributed by atoms with E-state index in [-0.39, 0.29) is 17.1 Å². The molecule has 0 aromatic heterocycles. The van der Waals surface area contributed by atoms with Crippen molar-refractivity contribution >= 4 is 9.84 Å². The van der Waals surface area contributed by atoms with Crippen LogP contribution in [-0.4, -0.2) is 19.3 Å². The lowest BCUT2D eigenvalue weighted by molar-refractivity contribution is 0.0714. The Bertz CT molecular complexity index is 770. The fourth-order valence-corrected chi connectivity index (χ4v) is 4.29. The quantitative estimate of drug-likeness (QED) is 0.877. The fourth-order valence-electron chi connectivity index (χ4n) is 2.65. The largest absolute Gasteiger partial charge is 0.380 e. The Morgan fingerprint density at radius 1 is 1.10 bits per heavy atom. The second kappa shape index (κ2) is 4.40. The highest BCUT2D eigenvalue weighted by Crippen LogP contribution is 2.41. The van der Waals surface area contributed by atoms with E-state index >= 15 is 0 Å². The van der Waals surface area contributed by atoms with Gasteiger partial charge in [0.25, 0.3) is 0 Å². The summed E-state index contributed by atoms with van der Waals surface area (Å²) in [6.07, 6.45) is 0.0236. The highest BCUT2D eigenvalue weighted by atomic mass is 32.2. The summed E-state index contributed by atoms with van der Waals surface area (Å²) in [5.74, 6) is -0.612. The lowest BCUT2D eigenvalue weighted by atomic mass is 9.84. The van der Waals surface area contributed by atoms with Crippen molar-refractivity contribution in [2.24, 2.45) is 0 Å². The first-order valence-corrected chi connectivity index (χ1v) is 7.89. The fraction of sp³-hybridized carbons (Fsp3) is 0.200. The van der Waals surface area contributed by atoms with Crippen LogP contribution >= 0.6 is 0 Å². The lowest BCUT2D eigenvalue weighted by Crippen LogP contribution is -2.36. The molecule has 0 saturated carbocycles. The molecule has 0 aliphatic carbocycles. The Hall–Kier alpha value is -1.72. The van der Waals surface area contributed by atoms with E-state index in [1.807, 2.05) is 0 Å². The summed E-state index contributed by atoms with van der Waals surface area (Å²) in [4.78, 5) is 0.123. The maximum absolute atomic E-state index is 13.4. The molecule has 1 N–H and O–H groups in total. The highest BCUT2D eigenvalue weighted by molar-refractivity contribution is 7.91. The lowest BCUT2D eigenvalue weighted by Gasteiger charge is -2.34. The van der Waals surface area contributed by atoms with Crippen molar-refractivity contribution < 1.29 is 17.9 Å². The molecule has 3 nitrogen and oxygen atoms in total. The molecule has 0 spiro atoms. The van der Waals surface area contributed by atoms with E-state index in [1.54, 1.807) is 24.3 Å². The number of halogens is 1. The van der Waals surface area contributed by atoms with Crippen LogP contribution in [0.4, 0.5) is 4.39 Å². The summed E-state index contributed by atoms with van der Waals surface area (Å²) in [7, 11) is -3.38. The number of benzene rings is 2. The van der Waals surface area contributed by atoms with E-state index in [0.717, 1.165) is 0 Å². The maximum Gasteiger partial charge on any atom is 0.178 e. The zero-order valence-corrected chi connectivity index (χ0v) is 11.4. The molecular weight excluding hydrogens is 279 g/mol. The topological polar surface area (TPSA) is 54.4 Å². The molecule has 1 unspecified atom stereocenters. The summed E-state index contributed by atoms with van der Waals surface area (Å²) < 4.78 is 37.5. The molecule has 0 saturated heterocycles. The third-order valence-electron chi connectivity index (χ3n) is 3.70. The van der Waals surface area contributed by atoms with Gasteiger partial charge in [-0.1, -0.05) is 30.3 Å². The minimum atomic E-state index is -3.38. The van der Waals surface area contributed by atoms with Crippen molar-refractivity contribution in [1.29, 1.82) is 0 Å². The molecule has 104 valence electrons. The minimum Gasteiger partial charge on any atom is -0.380 e. The van der Waals surface area contributed by atoms with Crippen LogP contribution in [0, 0.1) is 5.82 Å². The third kappa shape index (κ3) is 1.94. The Labute approximate surface area is 116 Å². The SMILES string of the molecule is O=S1(=O)CCC(O)(c2cccc(F)c2)c2ccccc21. The average Bonchev–Trinajstić information content (AvgIpc) is 2.44. The van der Waals surface area contributed by atoms with Gasteiger partial charge in [-0.05, 0) is 30.2 Å². The van der Waals surface area contributed by atoms with Crippen LogP contribution in [-0.2, 0) is 15.4 Å². The van der Waals surface area contributed by atoms with E-state index in [9.17, 15) is 17.9 Å². The van der Waals surface area contributed by atoms with Crippen LogP contribution in [0.1, 0.15) is 17.5 Å². The van der Waals surface area contributed by atoms with E-state index in [0.29, 0.717) is 11.1 Å². The monoisotopic (exact) mass is 292 g/mol. The molecule has 0 radical (unpaired) electrons. The van der Waals surface area contributed by atoms with Crippen LogP contribution in [0.3, 0.4) is 0 Å². The van der Waals surface area contributed by atoms with Crippen LogP contribution in [0.5, 0.6) is 0 Å². The van der Waals surface area contributed by atoms with Gasteiger partial charge in [0, 0.05) is 5.56 Å². The molecule has 2 aromatic carbocycles. The number of rotatable bonds is 1. The van der Waals surface area contributed by atoms with E-state index in [2.05, 4.69) is 0 Å². The van der Waals surface area contributed by atoms with Crippen molar-refractivity contribution in [3.8, 4) is 0 Å². The van der Waals surface area contributed by atoms with Crippen molar-refractivity contribution in [2.75, 3.05) is 5.75 Å². The molecule has 0 amide bonds. The summed E-state index contributed by atoms with van der Waals surface area (Å²) in [6, 6.07) is 12.0. The average molecular weight is 292 g/mol. The summed E-state index contributed by atoms with van der Waals surface area (Å²) in [5, 5.41) is 10.9. The van der Waals surface area contributed by atoms with Gasteiger partial charge in [0.15, 0.2) is 9.84 Å². The second-order valence-electron chi connectivity index (χ2n) is 4.94. The molecule has 20 heavy (non-hydrogen) atoms. The number of fused-ring (bicyclic) bond motifs is 1. The van der Waals surface area contributed by atoms with Crippen molar-refractivity contribution in [3.05, 3.63) is 65.5 Å². The zero-order valence-electron chi connectivity index (χ0n) is 10.6. The van der Waals surface area contributed by atoms with Crippen LogP contribution in [0.15, 0.2) is 53.4 Å². The van der Waals surface area contributed by atoms with Crippen LogP contribution in [0.2, 0.25) is 0 Å². The number of hydrogen-bond donors (Lipinski definition) is 1. The van der Waals surface area contributed by atoms with E-state index in [4.69, 9.17) is 0 Å². The van der Waals surface area contributed by atoms with Gasteiger partial charge in [0.05, 0.1) is 10.6 Å². The summed E-state index contributed by atoms with van der Waals surface area (Å²) >= 11 is 0. The van der Waals surface area contributed by atoms with Gasteiger partial charge in [-0.3, -0.25) is 0 Å². The van der Waals surface area contributed by atoms with Gasteiger partial charge in [-0.15, -0.1) is 0 Å². The molecule has 2 aromatic rings. The van der Waals surface area contributed by atoms with E-state index in [1.165, 1.54) is 24.3 Å². The molecule has 0 bridgehead atoms. The molecule has 1 aliphatic rings. The predicted octanol–water partition coefficient (Wildman–Crippen LogP) is 2.24. The summed E-state index contributed by atoms with van der Waals surface area (Å²) in [5.41, 5.74) is -0.777. The molecule has 0 fully saturated rings.